The molecule has 1 fully saturated rings. The number of anilines is 3. The smallest absolute Gasteiger partial charge is 0.229 e. The van der Waals surface area contributed by atoms with E-state index in [0.717, 1.165) is 32.2 Å². The van der Waals surface area contributed by atoms with Crippen LogP contribution in [0.3, 0.4) is 0 Å². The van der Waals surface area contributed by atoms with Crippen LogP contribution in [0.1, 0.15) is 32.3 Å². The summed E-state index contributed by atoms with van der Waals surface area (Å²) in [5.74, 6) is 6.38. The van der Waals surface area contributed by atoms with Crippen molar-refractivity contribution in [2.24, 2.45) is 0 Å². The SMILES string of the molecule is COC1CCN(C(C)(C)C#Cc2cc3ncnc(Nc4ccc(F)c(Cl)c4)c3cc2NS(C)(=O)=O)CC1. The molecule has 37 heavy (non-hydrogen) atoms. The lowest BCUT2D eigenvalue weighted by atomic mass is 9.97. The van der Waals surface area contributed by atoms with Crippen LogP contribution in [0.4, 0.5) is 21.6 Å². The van der Waals surface area contributed by atoms with E-state index >= 15 is 0 Å². The van der Waals surface area contributed by atoms with Crippen LogP contribution >= 0.6 is 11.6 Å². The Hall–Kier alpha value is -2.97. The molecule has 1 saturated heterocycles. The van der Waals surface area contributed by atoms with E-state index < -0.39 is 21.4 Å². The summed E-state index contributed by atoms with van der Waals surface area (Å²) < 4.78 is 46.0. The number of hydrogen-bond donors (Lipinski definition) is 2. The summed E-state index contributed by atoms with van der Waals surface area (Å²) in [5, 5.41) is 3.62. The average Bonchev–Trinajstić information content (AvgIpc) is 2.84. The first-order valence-corrected chi connectivity index (χ1v) is 14.0. The summed E-state index contributed by atoms with van der Waals surface area (Å²) in [7, 11) is -1.86. The van der Waals surface area contributed by atoms with Crippen molar-refractivity contribution in [1.82, 2.24) is 14.9 Å². The topological polar surface area (TPSA) is 96.4 Å². The van der Waals surface area contributed by atoms with Gasteiger partial charge in [-0.3, -0.25) is 9.62 Å². The molecule has 196 valence electrons. The monoisotopic (exact) mass is 545 g/mol. The number of halogens is 2. The zero-order valence-electron chi connectivity index (χ0n) is 21.1. The minimum atomic E-state index is -3.60. The number of fused-ring (bicyclic) bond motifs is 1. The van der Waals surface area contributed by atoms with Crippen molar-refractivity contribution in [1.29, 1.82) is 0 Å². The normalized spacial score (nSPS) is 15.3. The molecule has 11 heteroatoms. The predicted octanol–water partition coefficient (Wildman–Crippen LogP) is 4.78. The van der Waals surface area contributed by atoms with Gasteiger partial charge in [0.25, 0.3) is 0 Å². The summed E-state index contributed by atoms with van der Waals surface area (Å²) in [4.78, 5) is 11.0. The Bertz CT molecular complexity index is 1480. The second-order valence-corrected chi connectivity index (χ2v) is 11.7. The van der Waals surface area contributed by atoms with Crippen LogP contribution in [0.15, 0.2) is 36.7 Å². The molecule has 8 nitrogen and oxygen atoms in total. The van der Waals surface area contributed by atoms with Crippen molar-refractivity contribution >= 4 is 49.7 Å². The van der Waals surface area contributed by atoms with Crippen LogP contribution in [0.5, 0.6) is 0 Å². The molecule has 0 saturated carbocycles. The van der Waals surface area contributed by atoms with Crippen molar-refractivity contribution in [3.8, 4) is 11.8 Å². The fourth-order valence-electron chi connectivity index (χ4n) is 4.25. The van der Waals surface area contributed by atoms with Gasteiger partial charge in [0.15, 0.2) is 0 Å². The molecule has 2 aromatic carbocycles. The van der Waals surface area contributed by atoms with Gasteiger partial charge in [0.1, 0.15) is 18.0 Å². The Labute approximate surface area is 221 Å². The third-order valence-electron chi connectivity index (χ3n) is 6.32. The van der Waals surface area contributed by atoms with Crippen LogP contribution < -0.4 is 10.0 Å². The summed E-state index contributed by atoms with van der Waals surface area (Å²) in [5.41, 5.74) is 1.45. The van der Waals surface area contributed by atoms with Gasteiger partial charge in [0.05, 0.1) is 39.7 Å². The van der Waals surface area contributed by atoms with Crippen molar-refractivity contribution in [3.63, 3.8) is 0 Å². The largest absolute Gasteiger partial charge is 0.381 e. The Morgan fingerprint density at radius 1 is 1.19 bits per heavy atom. The zero-order valence-corrected chi connectivity index (χ0v) is 22.7. The van der Waals surface area contributed by atoms with Gasteiger partial charge in [-0.05, 0) is 57.0 Å². The maximum absolute atomic E-state index is 13.6. The van der Waals surface area contributed by atoms with Crippen molar-refractivity contribution in [2.75, 3.05) is 36.5 Å². The van der Waals surface area contributed by atoms with Gasteiger partial charge in [-0.15, -0.1) is 0 Å². The molecule has 0 atom stereocenters. The Balaban J connectivity index is 1.72. The van der Waals surface area contributed by atoms with Gasteiger partial charge in [-0.25, -0.2) is 22.8 Å². The number of sulfonamides is 1. The highest BCUT2D eigenvalue weighted by Gasteiger charge is 2.29. The molecule has 2 heterocycles. The molecule has 0 aliphatic carbocycles. The highest BCUT2D eigenvalue weighted by molar-refractivity contribution is 7.92. The molecule has 0 unspecified atom stereocenters. The van der Waals surface area contributed by atoms with Crippen LogP contribution in [0.2, 0.25) is 5.02 Å². The lowest BCUT2D eigenvalue weighted by Crippen LogP contribution is -2.48. The average molecular weight is 546 g/mol. The molecule has 3 aromatic rings. The number of ether oxygens (including phenoxy) is 1. The molecular formula is C26H29ClFN5O3S. The quantitative estimate of drug-likeness (QED) is 0.430. The van der Waals surface area contributed by atoms with Crippen molar-refractivity contribution in [2.45, 2.75) is 38.3 Å². The van der Waals surface area contributed by atoms with E-state index in [4.69, 9.17) is 16.3 Å². The Kier molecular flexibility index (Phi) is 7.90. The van der Waals surface area contributed by atoms with Crippen LogP contribution in [0, 0.1) is 17.7 Å². The minimum Gasteiger partial charge on any atom is -0.381 e. The van der Waals surface area contributed by atoms with E-state index in [1.54, 1.807) is 19.2 Å². The van der Waals surface area contributed by atoms with E-state index in [1.807, 2.05) is 0 Å². The number of methoxy groups -OCH3 is 1. The van der Waals surface area contributed by atoms with Crippen LogP contribution in [0.25, 0.3) is 10.9 Å². The Morgan fingerprint density at radius 2 is 1.92 bits per heavy atom. The number of piperidine rings is 1. The highest BCUT2D eigenvalue weighted by atomic mass is 35.5. The summed E-state index contributed by atoms with van der Waals surface area (Å²) >= 11 is 5.91. The predicted molar refractivity (Wildman–Crippen MR) is 145 cm³/mol. The van der Waals surface area contributed by atoms with Gasteiger partial charge in [0.2, 0.25) is 10.0 Å². The second kappa shape index (κ2) is 10.8. The van der Waals surface area contributed by atoms with E-state index in [1.165, 1.54) is 24.5 Å². The number of aromatic nitrogens is 2. The van der Waals surface area contributed by atoms with E-state index in [9.17, 15) is 12.8 Å². The fourth-order valence-corrected chi connectivity index (χ4v) is 5.00. The summed E-state index contributed by atoms with van der Waals surface area (Å²) in [6.45, 7) is 5.83. The number of hydrogen-bond acceptors (Lipinski definition) is 7. The zero-order chi connectivity index (χ0) is 26.8. The first-order chi connectivity index (χ1) is 17.4. The van der Waals surface area contributed by atoms with Crippen molar-refractivity contribution < 1.29 is 17.5 Å². The third kappa shape index (κ3) is 6.67. The van der Waals surface area contributed by atoms with Crippen LogP contribution in [-0.4, -0.2) is 61.4 Å². The molecule has 0 spiro atoms. The first-order valence-electron chi connectivity index (χ1n) is 11.7. The lowest BCUT2D eigenvalue weighted by molar-refractivity contribution is 0.0205. The molecule has 0 bridgehead atoms. The van der Waals surface area contributed by atoms with Gasteiger partial charge in [-0.2, -0.15) is 0 Å². The number of benzene rings is 2. The van der Waals surface area contributed by atoms with E-state index in [0.29, 0.717) is 33.7 Å². The standard InChI is InChI=1S/C26H29ClFN5O3S/c1-26(2,33-11-8-19(36-3)9-12-33)10-7-17-13-24-20(15-23(17)32-37(4,34)35)25(30-16-29-24)31-18-5-6-22(28)21(27)14-18/h5-6,13-16,19,32H,8-9,11-12H2,1-4H3,(H,29,30,31). The minimum absolute atomic E-state index is 0.0329. The molecule has 1 aliphatic heterocycles. The number of rotatable bonds is 6. The molecule has 1 aliphatic rings. The van der Waals surface area contributed by atoms with E-state index in [-0.39, 0.29) is 11.1 Å². The molecule has 2 N–H and O–H groups in total. The molecule has 0 radical (unpaired) electrons. The third-order valence-corrected chi connectivity index (χ3v) is 7.20. The number of nitrogens with one attached hydrogen (secondary N) is 2. The summed E-state index contributed by atoms with van der Waals surface area (Å²) in [6.07, 6.45) is 4.61. The Morgan fingerprint density at radius 3 is 2.57 bits per heavy atom. The highest BCUT2D eigenvalue weighted by Crippen LogP contribution is 2.30. The number of nitrogens with zero attached hydrogens (tertiary/aromatic N) is 3. The first kappa shape index (κ1) is 27.1. The molecule has 4 rings (SSSR count). The molecule has 1 aromatic heterocycles. The van der Waals surface area contributed by atoms with Crippen molar-refractivity contribution in [3.05, 3.63) is 53.1 Å². The molecule has 0 amide bonds. The number of likely N-dealkylation sites (tertiary alicyclic amines) is 1. The van der Waals surface area contributed by atoms with Gasteiger partial charge >= 0.3 is 0 Å². The summed E-state index contributed by atoms with van der Waals surface area (Å²) in [6, 6.07) is 7.59. The van der Waals surface area contributed by atoms with E-state index in [2.05, 4.69) is 50.6 Å². The maximum atomic E-state index is 13.6. The van der Waals surface area contributed by atoms with Crippen LogP contribution in [-0.2, 0) is 14.8 Å². The maximum Gasteiger partial charge on any atom is 0.229 e. The van der Waals surface area contributed by atoms with Gasteiger partial charge < -0.3 is 10.1 Å². The molecular weight excluding hydrogens is 517 g/mol. The fraction of sp³-hybridized carbons (Fsp3) is 0.385. The van der Waals surface area contributed by atoms with Gasteiger partial charge in [-0.1, -0.05) is 23.4 Å². The lowest BCUT2D eigenvalue weighted by Gasteiger charge is -2.39. The second-order valence-electron chi connectivity index (χ2n) is 9.50. The van der Waals surface area contributed by atoms with Gasteiger partial charge in [0, 0.05) is 31.3 Å².